The first-order valence-electron chi connectivity index (χ1n) is 4.14. The Kier molecular flexibility index (Phi) is 4.24. The van der Waals surface area contributed by atoms with Gasteiger partial charge in [0, 0.05) is 29.4 Å². The van der Waals surface area contributed by atoms with E-state index in [1.807, 2.05) is 0 Å². The van der Waals surface area contributed by atoms with Crippen molar-refractivity contribution < 1.29 is 9.00 Å². The van der Waals surface area contributed by atoms with Crippen molar-refractivity contribution in [3.05, 3.63) is 11.9 Å². The van der Waals surface area contributed by atoms with Gasteiger partial charge in [-0.05, 0) is 6.42 Å². The summed E-state index contributed by atoms with van der Waals surface area (Å²) < 4.78 is 10.7. The maximum atomic E-state index is 11.2. The van der Waals surface area contributed by atoms with Crippen molar-refractivity contribution in [2.75, 3.05) is 18.6 Å². The first-order valence-corrected chi connectivity index (χ1v) is 5.87. The first-order chi connectivity index (χ1) is 6.70. The molecule has 1 aromatic heterocycles. The molecular weight excluding hydrogens is 204 g/mol. The van der Waals surface area contributed by atoms with Crippen LogP contribution in [0.15, 0.2) is 6.20 Å². The molecule has 0 bridgehead atoms. The number of rotatable bonds is 5. The predicted octanol–water partition coefficient (Wildman–Crippen LogP) is -0.697. The summed E-state index contributed by atoms with van der Waals surface area (Å²) in [7, 11) is -0.802. The molecule has 0 aliphatic heterocycles. The molecular formula is C7H12N4O2S. The SMILES string of the molecule is CS(=O)CCCNC(=O)c1cn[nH]n1. The molecule has 1 rings (SSSR count). The smallest absolute Gasteiger partial charge is 0.273 e. The minimum Gasteiger partial charge on any atom is -0.351 e. The Morgan fingerprint density at radius 1 is 1.71 bits per heavy atom. The Hall–Kier alpha value is -1.24. The maximum Gasteiger partial charge on any atom is 0.273 e. The lowest BCUT2D eigenvalue weighted by Crippen LogP contribution is -2.25. The zero-order chi connectivity index (χ0) is 10.4. The molecule has 1 amide bonds. The summed E-state index contributed by atoms with van der Waals surface area (Å²) in [6.07, 6.45) is 3.69. The highest BCUT2D eigenvalue weighted by atomic mass is 32.2. The van der Waals surface area contributed by atoms with Crippen molar-refractivity contribution in [1.82, 2.24) is 20.7 Å². The second-order valence-corrected chi connectivity index (χ2v) is 4.30. The van der Waals surface area contributed by atoms with E-state index in [4.69, 9.17) is 0 Å². The lowest BCUT2D eigenvalue weighted by atomic mass is 10.4. The molecule has 0 aromatic carbocycles. The van der Waals surface area contributed by atoms with Gasteiger partial charge in [0.1, 0.15) is 0 Å². The summed E-state index contributed by atoms with van der Waals surface area (Å²) in [4.78, 5) is 11.2. The van der Waals surface area contributed by atoms with Crippen molar-refractivity contribution in [2.45, 2.75) is 6.42 Å². The zero-order valence-corrected chi connectivity index (χ0v) is 8.63. The van der Waals surface area contributed by atoms with E-state index in [0.717, 1.165) is 0 Å². The number of nitrogens with one attached hydrogen (secondary N) is 2. The van der Waals surface area contributed by atoms with Crippen molar-refractivity contribution in [3.63, 3.8) is 0 Å². The Balaban J connectivity index is 2.19. The minimum absolute atomic E-state index is 0.263. The monoisotopic (exact) mass is 216 g/mol. The molecule has 14 heavy (non-hydrogen) atoms. The van der Waals surface area contributed by atoms with Crippen LogP contribution in [0, 0.1) is 0 Å². The number of nitrogens with zero attached hydrogens (tertiary/aromatic N) is 2. The fourth-order valence-corrected chi connectivity index (χ4v) is 1.43. The van der Waals surface area contributed by atoms with Gasteiger partial charge in [0.05, 0.1) is 6.20 Å². The molecule has 1 aromatic rings. The average Bonchev–Trinajstić information content (AvgIpc) is 2.64. The van der Waals surface area contributed by atoms with Gasteiger partial charge in [0.2, 0.25) is 0 Å². The number of aromatic amines is 1. The van der Waals surface area contributed by atoms with Crippen molar-refractivity contribution >= 4 is 16.7 Å². The Labute approximate surface area is 83.9 Å². The Morgan fingerprint density at radius 2 is 2.50 bits per heavy atom. The number of H-pyrrole nitrogens is 1. The summed E-state index contributed by atoms with van der Waals surface area (Å²) in [5, 5.41) is 12.1. The van der Waals surface area contributed by atoms with Crippen LogP contribution < -0.4 is 5.32 Å². The number of carbonyl (C=O) groups is 1. The van der Waals surface area contributed by atoms with Crippen LogP contribution in [0.5, 0.6) is 0 Å². The quantitative estimate of drug-likeness (QED) is 0.637. The van der Waals surface area contributed by atoms with E-state index in [2.05, 4.69) is 20.7 Å². The predicted molar refractivity (Wildman–Crippen MR) is 52.3 cm³/mol. The van der Waals surface area contributed by atoms with Gasteiger partial charge >= 0.3 is 0 Å². The van der Waals surface area contributed by atoms with Gasteiger partial charge in [-0.2, -0.15) is 15.4 Å². The van der Waals surface area contributed by atoms with Crippen molar-refractivity contribution in [3.8, 4) is 0 Å². The van der Waals surface area contributed by atoms with Crippen LogP contribution in [0.25, 0.3) is 0 Å². The van der Waals surface area contributed by atoms with E-state index in [1.165, 1.54) is 6.20 Å². The third-order valence-corrected chi connectivity index (χ3v) is 2.41. The zero-order valence-electron chi connectivity index (χ0n) is 7.82. The fourth-order valence-electron chi connectivity index (χ4n) is 0.879. The molecule has 0 aliphatic rings. The van der Waals surface area contributed by atoms with Gasteiger partial charge in [-0.1, -0.05) is 0 Å². The van der Waals surface area contributed by atoms with E-state index >= 15 is 0 Å². The molecule has 0 spiro atoms. The van der Waals surface area contributed by atoms with Crippen LogP contribution in [0.2, 0.25) is 0 Å². The highest BCUT2D eigenvalue weighted by molar-refractivity contribution is 7.84. The van der Waals surface area contributed by atoms with E-state index in [9.17, 15) is 9.00 Å². The number of carbonyl (C=O) groups excluding carboxylic acids is 1. The lowest BCUT2D eigenvalue weighted by molar-refractivity contribution is 0.0948. The number of aromatic nitrogens is 3. The summed E-state index contributed by atoms with van der Waals surface area (Å²) in [5.74, 6) is 0.333. The molecule has 1 unspecified atom stereocenters. The molecule has 2 N–H and O–H groups in total. The minimum atomic E-state index is -0.802. The Morgan fingerprint density at radius 3 is 3.07 bits per heavy atom. The first kappa shape index (κ1) is 10.8. The van der Waals surface area contributed by atoms with E-state index in [0.29, 0.717) is 18.7 Å². The van der Waals surface area contributed by atoms with Crippen molar-refractivity contribution in [1.29, 1.82) is 0 Å². The summed E-state index contributed by atoms with van der Waals surface area (Å²) in [6, 6.07) is 0. The summed E-state index contributed by atoms with van der Waals surface area (Å²) >= 11 is 0. The van der Waals surface area contributed by atoms with Crippen LogP contribution in [0.1, 0.15) is 16.9 Å². The molecule has 0 saturated heterocycles. The Bertz CT molecular complexity index is 311. The molecule has 0 saturated carbocycles. The van der Waals surface area contributed by atoms with Crippen LogP contribution in [0.3, 0.4) is 0 Å². The molecule has 0 radical (unpaired) electrons. The van der Waals surface area contributed by atoms with E-state index in [-0.39, 0.29) is 11.6 Å². The molecule has 1 atom stereocenters. The lowest BCUT2D eigenvalue weighted by Gasteiger charge is -2.00. The van der Waals surface area contributed by atoms with Gasteiger partial charge in [0.25, 0.3) is 5.91 Å². The van der Waals surface area contributed by atoms with Gasteiger partial charge in [-0.3, -0.25) is 9.00 Å². The van der Waals surface area contributed by atoms with Crippen LogP contribution >= 0.6 is 0 Å². The highest BCUT2D eigenvalue weighted by Crippen LogP contribution is 1.88. The maximum absolute atomic E-state index is 11.2. The summed E-state index contributed by atoms with van der Waals surface area (Å²) in [6.45, 7) is 0.505. The average molecular weight is 216 g/mol. The van der Waals surface area contributed by atoms with E-state index < -0.39 is 10.8 Å². The molecule has 78 valence electrons. The molecule has 0 aliphatic carbocycles. The third kappa shape index (κ3) is 3.65. The number of hydrogen-bond donors (Lipinski definition) is 2. The molecule has 6 nitrogen and oxygen atoms in total. The number of hydrogen-bond acceptors (Lipinski definition) is 4. The van der Waals surface area contributed by atoms with Gasteiger partial charge < -0.3 is 5.32 Å². The molecule has 0 fully saturated rings. The molecule has 1 heterocycles. The number of amides is 1. The largest absolute Gasteiger partial charge is 0.351 e. The van der Waals surface area contributed by atoms with E-state index in [1.54, 1.807) is 6.26 Å². The normalized spacial score (nSPS) is 12.4. The third-order valence-electron chi connectivity index (χ3n) is 1.54. The van der Waals surface area contributed by atoms with Gasteiger partial charge in [0.15, 0.2) is 5.69 Å². The molecule has 7 heteroatoms. The second kappa shape index (κ2) is 5.48. The second-order valence-electron chi connectivity index (χ2n) is 2.74. The summed E-state index contributed by atoms with van der Waals surface area (Å²) in [5.41, 5.74) is 0.266. The van der Waals surface area contributed by atoms with Crippen LogP contribution in [-0.2, 0) is 10.8 Å². The van der Waals surface area contributed by atoms with Gasteiger partial charge in [-0.25, -0.2) is 0 Å². The fraction of sp³-hybridized carbons (Fsp3) is 0.571. The topological polar surface area (TPSA) is 87.7 Å². The highest BCUT2D eigenvalue weighted by Gasteiger charge is 2.06. The van der Waals surface area contributed by atoms with Gasteiger partial charge in [-0.15, -0.1) is 0 Å². The standard InChI is InChI=1S/C7H12N4O2S/c1-14(13)4-2-3-8-7(12)6-5-9-11-10-6/h5H,2-4H2,1H3,(H,8,12)(H,9,10,11). The van der Waals surface area contributed by atoms with Crippen LogP contribution in [0.4, 0.5) is 0 Å². The van der Waals surface area contributed by atoms with Crippen LogP contribution in [-0.4, -0.2) is 44.1 Å². The van der Waals surface area contributed by atoms with Crippen molar-refractivity contribution in [2.24, 2.45) is 0 Å².